The highest BCUT2D eigenvalue weighted by Gasteiger charge is 2.08. The van der Waals surface area contributed by atoms with E-state index in [0.717, 1.165) is 50.3 Å². The summed E-state index contributed by atoms with van der Waals surface area (Å²) in [4.78, 5) is 29.2. The van der Waals surface area contributed by atoms with E-state index >= 15 is 0 Å². The predicted octanol–water partition coefficient (Wildman–Crippen LogP) is 3.31. The summed E-state index contributed by atoms with van der Waals surface area (Å²) in [6.45, 7) is 9.35. The van der Waals surface area contributed by atoms with Crippen LogP contribution in [-0.4, -0.2) is 40.0 Å². The molecule has 0 spiro atoms. The Morgan fingerprint density at radius 1 is 1.19 bits per heavy atom. The van der Waals surface area contributed by atoms with Crippen molar-refractivity contribution >= 4 is 11.6 Å². The van der Waals surface area contributed by atoms with Crippen LogP contribution >= 0.6 is 0 Å². The first kappa shape index (κ1) is 20.0. The van der Waals surface area contributed by atoms with Crippen LogP contribution in [0, 0.1) is 6.92 Å². The molecular formula is C20H30N4O2. The van der Waals surface area contributed by atoms with E-state index < -0.39 is 0 Å². The highest BCUT2D eigenvalue weighted by Crippen LogP contribution is 2.15. The van der Waals surface area contributed by atoms with Gasteiger partial charge in [0, 0.05) is 24.0 Å². The summed E-state index contributed by atoms with van der Waals surface area (Å²) >= 11 is 0. The number of anilines is 1. The molecule has 0 atom stereocenters. The van der Waals surface area contributed by atoms with Crippen molar-refractivity contribution in [2.24, 2.45) is 0 Å². The number of rotatable bonds is 10. The fourth-order valence-corrected chi connectivity index (χ4v) is 3.15. The number of carbonyl (C=O) groups excluding carboxylic acids is 1. The van der Waals surface area contributed by atoms with Crippen molar-refractivity contribution in [2.45, 2.75) is 46.5 Å². The fraction of sp³-hybridized carbons (Fsp3) is 0.500. The molecule has 0 aliphatic carbocycles. The normalized spacial score (nSPS) is 11.1. The third-order valence-electron chi connectivity index (χ3n) is 4.31. The maximum absolute atomic E-state index is 12.2. The number of nitrogens with one attached hydrogen (secondary N) is 2. The lowest BCUT2D eigenvalue weighted by Crippen LogP contribution is -2.27. The summed E-state index contributed by atoms with van der Waals surface area (Å²) in [7, 11) is 0. The van der Waals surface area contributed by atoms with Gasteiger partial charge < -0.3 is 15.2 Å². The third-order valence-corrected chi connectivity index (χ3v) is 4.31. The topological polar surface area (TPSA) is 70.1 Å². The van der Waals surface area contributed by atoms with Crippen LogP contribution in [0.5, 0.6) is 0 Å². The average Bonchev–Trinajstić information content (AvgIpc) is 2.94. The number of aromatic amines is 1. The van der Waals surface area contributed by atoms with Crippen LogP contribution < -0.4 is 11.0 Å². The van der Waals surface area contributed by atoms with Crippen molar-refractivity contribution in [2.75, 3.05) is 25.0 Å². The van der Waals surface area contributed by atoms with Crippen LogP contribution in [0.15, 0.2) is 35.3 Å². The summed E-state index contributed by atoms with van der Waals surface area (Å²) in [5.74, 6) is 0.00762. The van der Waals surface area contributed by atoms with Crippen LogP contribution in [0.25, 0.3) is 5.69 Å². The molecule has 0 aliphatic rings. The van der Waals surface area contributed by atoms with Gasteiger partial charge in [-0.15, -0.1) is 0 Å². The Morgan fingerprint density at radius 3 is 2.54 bits per heavy atom. The Morgan fingerprint density at radius 2 is 1.92 bits per heavy atom. The molecular weight excluding hydrogens is 328 g/mol. The van der Waals surface area contributed by atoms with E-state index in [9.17, 15) is 9.59 Å². The van der Waals surface area contributed by atoms with Gasteiger partial charge in [-0.05, 0) is 64.0 Å². The number of hydrogen-bond acceptors (Lipinski definition) is 3. The molecule has 0 fully saturated rings. The number of amides is 1. The standard InChI is InChI=1S/C20H30N4O2/c1-4-11-23(12-5-2)13-7-10-19(25)22-17-8-6-9-18(14-17)24-16(3)15-21-20(24)26/h6,8-9,14-15H,4-5,7,10-13H2,1-3H3,(H,21,26)(H,22,25). The van der Waals surface area contributed by atoms with Crippen molar-refractivity contribution in [1.82, 2.24) is 14.5 Å². The van der Waals surface area contributed by atoms with Crippen LogP contribution in [0.2, 0.25) is 0 Å². The Hall–Kier alpha value is -2.34. The molecule has 6 heteroatoms. The van der Waals surface area contributed by atoms with Gasteiger partial charge >= 0.3 is 5.69 Å². The molecule has 1 amide bonds. The Labute approximate surface area is 155 Å². The van der Waals surface area contributed by atoms with Crippen molar-refractivity contribution in [1.29, 1.82) is 0 Å². The second-order valence-corrected chi connectivity index (χ2v) is 6.61. The van der Waals surface area contributed by atoms with Gasteiger partial charge in [0.05, 0.1) is 5.69 Å². The first-order chi connectivity index (χ1) is 12.5. The van der Waals surface area contributed by atoms with Crippen LogP contribution in [0.4, 0.5) is 5.69 Å². The molecule has 1 heterocycles. The van der Waals surface area contributed by atoms with Gasteiger partial charge in [0.2, 0.25) is 5.91 Å². The SMILES string of the molecule is CCCN(CCC)CCCC(=O)Nc1cccc(-n2c(C)c[nH]c2=O)c1. The molecule has 0 saturated carbocycles. The van der Waals surface area contributed by atoms with E-state index in [-0.39, 0.29) is 11.6 Å². The number of carbonyl (C=O) groups is 1. The molecule has 26 heavy (non-hydrogen) atoms. The minimum absolute atomic E-state index is 0.00762. The summed E-state index contributed by atoms with van der Waals surface area (Å²) in [6, 6.07) is 7.36. The highest BCUT2D eigenvalue weighted by atomic mass is 16.2. The van der Waals surface area contributed by atoms with Crippen molar-refractivity contribution in [3.8, 4) is 5.69 Å². The number of benzene rings is 1. The maximum atomic E-state index is 12.2. The molecule has 0 saturated heterocycles. The molecule has 2 rings (SSSR count). The lowest BCUT2D eigenvalue weighted by Gasteiger charge is -2.20. The van der Waals surface area contributed by atoms with Crippen molar-refractivity contribution < 1.29 is 4.79 Å². The molecule has 0 unspecified atom stereocenters. The molecule has 2 aromatic rings. The van der Waals surface area contributed by atoms with E-state index in [4.69, 9.17) is 0 Å². The van der Waals surface area contributed by atoms with Crippen LogP contribution in [-0.2, 0) is 4.79 Å². The first-order valence-corrected chi connectivity index (χ1v) is 9.44. The zero-order valence-corrected chi connectivity index (χ0v) is 16.0. The molecule has 0 aliphatic heterocycles. The van der Waals surface area contributed by atoms with E-state index in [1.54, 1.807) is 10.8 Å². The predicted molar refractivity (Wildman–Crippen MR) is 106 cm³/mol. The van der Waals surface area contributed by atoms with Gasteiger partial charge in [0.15, 0.2) is 0 Å². The summed E-state index contributed by atoms with van der Waals surface area (Å²) in [6.07, 6.45) is 5.29. The Bertz CT molecular complexity index is 757. The highest BCUT2D eigenvalue weighted by molar-refractivity contribution is 5.90. The third kappa shape index (κ3) is 5.59. The number of imidazole rings is 1. The number of hydrogen-bond donors (Lipinski definition) is 2. The van der Waals surface area contributed by atoms with Gasteiger partial charge in [-0.25, -0.2) is 4.79 Å². The molecule has 142 valence electrons. The van der Waals surface area contributed by atoms with Crippen LogP contribution in [0.1, 0.15) is 45.2 Å². The second kappa shape index (κ2) is 9.97. The summed E-state index contributed by atoms with van der Waals surface area (Å²) in [5, 5.41) is 2.94. The summed E-state index contributed by atoms with van der Waals surface area (Å²) in [5.41, 5.74) is 2.09. The van der Waals surface area contributed by atoms with Gasteiger partial charge in [0.1, 0.15) is 0 Å². The quantitative estimate of drug-likeness (QED) is 0.684. The molecule has 1 aromatic heterocycles. The Balaban J connectivity index is 1.91. The number of H-pyrrole nitrogens is 1. The van der Waals surface area contributed by atoms with Gasteiger partial charge in [-0.2, -0.15) is 0 Å². The minimum atomic E-state index is -0.182. The lowest BCUT2D eigenvalue weighted by molar-refractivity contribution is -0.116. The van der Waals surface area contributed by atoms with Crippen LogP contribution in [0.3, 0.4) is 0 Å². The van der Waals surface area contributed by atoms with E-state index in [1.165, 1.54) is 0 Å². The fourth-order valence-electron chi connectivity index (χ4n) is 3.15. The molecule has 6 nitrogen and oxygen atoms in total. The summed E-state index contributed by atoms with van der Waals surface area (Å²) < 4.78 is 1.59. The molecule has 2 N–H and O–H groups in total. The monoisotopic (exact) mass is 358 g/mol. The van der Waals surface area contributed by atoms with E-state index in [2.05, 4.69) is 29.0 Å². The number of nitrogens with zero attached hydrogens (tertiary/aromatic N) is 2. The lowest BCUT2D eigenvalue weighted by atomic mass is 10.2. The second-order valence-electron chi connectivity index (χ2n) is 6.61. The number of aromatic nitrogens is 2. The van der Waals surface area contributed by atoms with Crippen molar-refractivity contribution in [3.63, 3.8) is 0 Å². The van der Waals surface area contributed by atoms with Crippen molar-refractivity contribution in [3.05, 3.63) is 46.6 Å². The largest absolute Gasteiger partial charge is 0.330 e. The maximum Gasteiger partial charge on any atom is 0.330 e. The molecule has 0 radical (unpaired) electrons. The van der Waals surface area contributed by atoms with E-state index in [1.807, 2.05) is 31.2 Å². The first-order valence-electron chi connectivity index (χ1n) is 9.44. The average molecular weight is 358 g/mol. The van der Waals surface area contributed by atoms with E-state index in [0.29, 0.717) is 12.1 Å². The van der Waals surface area contributed by atoms with Gasteiger partial charge in [0.25, 0.3) is 0 Å². The number of aryl methyl sites for hydroxylation is 1. The molecule has 1 aromatic carbocycles. The van der Waals surface area contributed by atoms with Gasteiger partial charge in [-0.3, -0.25) is 9.36 Å². The Kier molecular flexibility index (Phi) is 7.66. The molecule has 0 bridgehead atoms. The minimum Gasteiger partial charge on any atom is -0.326 e. The van der Waals surface area contributed by atoms with Gasteiger partial charge in [-0.1, -0.05) is 19.9 Å². The zero-order valence-electron chi connectivity index (χ0n) is 16.0. The zero-order chi connectivity index (χ0) is 18.9. The smallest absolute Gasteiger partial charge is 0.326 e.